The van der Waals surface area contributed by atoms with Crippen LogP contribution in [0.15, 0.2) is 0 Å². The highest BCUT2D eigenvalue weighted by atomic mass is 16.5. The van der Waals surface area contributed by atoms with Crippen LogP contribution in [0.5, 0.6) is 0 Å². The first kappa shape index (κ1) is 11.6. The van der Waals surface area contributed by atoms with Crippen molar-refractivity contribution >= 4 is 5.78 Å². The lowest BCUT2D eigenvalue weighted by Gasteiger charge is -2.27. The molecule has 0 aromatic heterocycles. The van der Waals surface area contributed by atoms with Crippen LogP contribution < -0.4 is 0 Å². The number of ketones is 1. The first-order valence-electron chi connectivity index (χ1n) is 5.22. The topological polar surface area (TPSA) is 49.8 Å². The van der Waals surface area contributed by atoms with Gasteiger partial charge in [-0.3, -0.25) is 9.69 Å². The van der Waals surface area contributed by atoms with Crippen LogP contribution in [-0.4, -0.2) is 54.7 Å². The molecule has 0 aromatic carbocycles. The predicted octanol–water partition coefficient (Wildman–Crippen LogP) is 0.0487. The zero-order valence-electron chi connectivity index (χ0n) is 8.74. The molecule has 1 aliphatic heterocycles. The van der Waals surface area contributed by atoms with Crippen molar-refractivity contribution < 1.29 is 14.6 Å². The maximum Gasteiger partial charge on any atom is 0.135 e. The summed E-state index contributed by atoms with van der Waals surface area (Å²) in [4.78, 5) is 13.1. The van der Waals surface area contributed by atoms with Crippen molar-refractivity contribution in [1.82, 2.24) is 4.90 Å². The van der Waals surface area contributed by atoms with E-state index in [9.17, 15) is 9.90 Å². The minimum atomic E-state index is -0.428. The van der Waals surface area contributed by atoms with Gasteiger partial charge in [0.05, 0.1) is 12.7 Å². The van der Waals surface area contributed by atoms with Gasteiger partial charge in [0, 0.05) is 39.1 Å². The summed E-state index contributed by atoms with van der Waals surface area (Å²) < 4.78 is 5.11. The van der Waals surface area contributed by atoms with Gasteiger partial charge in [-0.25, -0.2) is 0 Å². The highest BCUT2D eigenvalue weighted by Gasteiger charge is 2.18. The minimum Gasteiger partial charge on any atom is -0.389 e. The molecule has 1 unspecified atom stereocenters. The molecule has 1 heterocycles. The van der Waals surface area contributed by atoms with Crippen molar-refractivity contribution in [3.8, 4) is 0 Å². The highest BCUT2D eigenvalue weighted by molar-refractivity contribution is 5.79. The van der Waals surface area contributed by atoms with E-state index in [1.54, 1.807) is 0 Å². The Kier molecular flexibility index (Phi) is 5.07. The predicted molar refractivity (Wildman–Crippen MR) is 53.2 cm³/mol. The number of carbonyl (C=O) groups excluding carboxylic acids is 1. The lowest BCUT2D eigenvalue weighted by Crippen LogP contribution is -2.40. The van der Waals surface area contributed by atoms with Crippen molar-refractivity contribution in [1.29, 1.82) is 0 Å². The smallest absolute Gasteiger partial charge is 0.135 e. The van der Waals surface area contributed by atoms with E-state index < -0.39 is 6.10 Å². The Bertz CT molecular complexity index is 174. The number of carbonyl (C=O) groups is 1. The summed E-state index contributed by atoms with van der Waals surface area (Å²) in [5, 5.41) is 9.55. The molecule has 1 aliphatic rings. The quantitative estimate of drug-likeness (QED) is 0.683. The third-order valence-corrected chi connectivity index (χ3v) is 2.40. The van der Waals surface area contributed by atoms with Crippen LogP contribution in [-0.2, 0) is 9.53 Å². The second-order valence-corrected chi connectivity index (χ2v) is 3.65. The molecule has 1 saturated heterocycles. The number of aliphatic hydroxyl groups is 1. The fourth-order valence-electron chi connectivity index (χ4n) is 1.59. The van der Waals surface area contributed by atoms with Gasteiger partial charge >= 0.3 is 0 Å². The fourth-order valence-corrected chi connectivity index (χ4v) is 1.59. The van der Waals surface area contributed by atoms with Gasteiger partial charge < -0.3 is 9.84 Å². The lowest BCUT2D eigenvalue weighted by molar-refractivity contribution is -0.121. The first-order chi connectivity index (χ1) is 6.72. The van der Waals surface area contributed by atoms with E-state index in [-0.39, 0.29) is 0 Å². The minimum absolute atomic E-state index is 0.334. The molecule has 0 aromatic rings. The summed E-state index contributed by atoms with van der Waals surface area (Å²) in [5.74, 6) is 0.334. The van der Waals surface area contributed by atoms with Gasteiger partial charge in [0.1, 0.15) is 5.78 Å². The summed E-state index contributed by atoms with van der Waals surface area (Å²) in [7, 11) is 0. The Balaban J connectivity index is 2.13. The van der Waals surface area contributed by atoms with E-state index in [2.05, 4.69) is 4.90 Å². The van der Waals surface area contributed by atoms with Gasteiger partial charge in [-0.05, 0) is 6.92 Å². The second kappa shape index (κ2) is 6.11. The van der Waals surface area contributed by atoms with Gasteiger partial charge in [0.25, 0.3) is 0 Å². The normalized spacial score (nSPS) is 21.1. The van der Waals surface area contributed by atoms with E-state index in [4.69, 9.17) is 4.74 Å². The highest BCUT2D eigenvalue weighted by Crippen LogP contribution is 2.06. The molecule has 1 atom stereocenters. The second-order valence-electron chi connectivity index (χ2n) is 3.65. The van der Waals surface area contributed by atoms with Crippen molar-refractivity contribution in [2.75, 3.05) is 32.8 Å². The number of hydrogen-bond donors (Lipinski definition) is 1. The molecule has 1 rings (SSSR count). The Morgan fingerprint density at radius 1 is 1.50 bits per heavy atom. The molecular formula is C10H19NO3. The average molecular weight is 201 g/mol. The van der Waals surface area contributed by atoms with E-state index >= 15 is 0 Å². The molecule has 1 fully saturated rings. The van der Waals surface area contributed by atoms with Crippen LogP contribution >= 0.6 is 0 Å². The number of piperidine rings is 1. The molecule has 0 saturated carbocycles. The number of Topliss-reactive ketones (excluding diaryl/α,β-unsaturated/α-hetero) is 1. The summed E-state index contributed by atoms with van der Waals surface area (Å²) in [5.41, 5.74) is 0. The van der Waals surface area contributed by atoms with Crippen molar-refractivity contribution in [3.63, 3.8) is 0 Å². The van der Waals surface area contributed by atoms with Crippen LogP contribution in [0.2, 0.25) is 0 Å². The largest absolute Gasteiger partial charge is 0.389 e. The molecule has 0 radical (unpaired) electrons. The van der Waals surface area contributed by atoms with E-state index in [1.165, 1.54) is 0 Å². The van der Waals surface area contributed by atoms with Gasteiger partial charge in [0.2, 0.25) is 0 Å². The molecule has 1 N–H and O–H groups in total. The Morgan fingerprint density at radius 3 is 2.71 bits per heavy atom. The zero-order valence-corrected chi connectivity index (χ0v) is 8.74. The zero-order chi connectivity index (χ0) is 10.4. The summed E-state index contributed by atoms with van der Waals surface area (Å²) >= 11 is 0. The first-order valence-corrected chi connectivity index (χ1v) is 5.22. The Morgan fingerprint density at radius 2 is 2.14 bits per heavy atom. The lowest BCUT2D eigenvalue weighted by atomic mass is 10.1. The number of ether oxygens (including phenoxy) is 1. The van der Waals surface area contributed by atoms with E-state index in [1.807, 2.05) is 6.92 Å². The van der Waals surface area contributed by atoms with Crippen molar-refractivity contribution in [2.45, 2.75) is 25.9 Å². The molecule has 0 aliphatic carbocycles. The Hall–Kier alpha value is -0.450. The monoisotopic (exact) mass is 201 g/mol. The van der Waals surface area contributed by atoms with Crippen LogP contribution in [0.25, 0.3) is 0 Å². The van der Waals surface area contributed by atoms with Crippen LogP contribution in [0.4, 0.5) is 0 Å². The number of rotatable bonds is 5. The summed E-state index contributed by atoms with van der Waals surface area (Å²) in [6.45, 7) is 5.11. The van der Waals surface area contributed by atoms with Gasteiger partial charge in [-0.15, -0.1) is 0 Å². The number of nitrogens with zero attached hydrogens (tertiary/aromatic N) is 1. The van der Waals surface area contributed by atoms with Crippen molar-refractivity contribution in [3.05, 3.63) is 0 Å². The third-order valence-electron chi connectivity index (χ3n) is 2.40. The third kappa shape index (κ3) is 4.17. The van der Waals surface area contributed by atoms with Gasteiger partial charge in [-0.1, -0.05) is 0 Å². The number of β-amino-alcohol motifs (C(OH)–C–C–N with tert-alkyl or cyclic N) is 1. The molecular weight excluding hydrogens is 182 g/mol. The molecule has 4 heteroatoms. The summed E-state index contributed by atoms with van der Waals surface area (Å²) in [6.07, 6.45) is 0.825. The number of hydrogen-bond acceptors (Lipinski definition) is 4. The molecule has 0 amide bonds. The molecule has 4 nitrogen and oxygen atoms in total. The van der Waals surface area contributed by atoms with Crippen LogP contribution in [0.1, 0.15) is 19.8 Å². The number of aliphatic hydroxyl groups excluding tert-OH is 1. The van der Waals surface area contributed by atoms with E-state index in [0.717, 1.165) is 13.1 Å². The average Bonchev–Trinajstić information content (AvgIpc) is 2.18. The van der Waals surface area contributed by atoms with Crippen LogP contribution in [0, 0.1) is 0 Å². The van der Waals surface area contributed by atoms with Crippen LogP contribution in [0.3, 0.4) is 0 Å². The molecule has 0 bridgehead atoms. The molecule has 14 heavy (non-hydrogen) atoms. The molecule has 82 valence electrons. The maximum absolute atomic E-state index is 11.0. The maximum atomic E-state index is 11.0. The standard InChI is InChI=1S/C10H19NO3/c1-2-14-8-10(13)7-11-5-3-9(12)4-6-11/h10,13H,2-8H2,1H3. The van der Waals surface area contributed by atoms with Gasteiger partial charge in [-0.2, -0.15) is 0 Å². The SMILES string of the molecule is CCOCC(O)CN1CCC(=O)CC1. The van der Waals surface area contributed by atoms with Gasteiger partial charge in [0.15, 0.2) is 0 Å². The molecule has 0 spiro atoms. The Labute approximate surface area is 84.8 Å². The fraction of sp³-hybridized carbons (Fsp3) is 0.900. The number of likely N-dealkylation sites (tertiary alicyclic amines) is 1. The van der Waals surface area contributed by atoms with E-state index in [0.29, 0.717) is 38.4 Å². The summed E-state index contributed by atoms with van der Waals surface area (Å²) in [6, 6.07) is 0. The van der Waals surface area contributed by atoms with Crippen molar-refractivity contribution in [2.24, 2.45) is 0 Å².